The summed E-state index contributed by atoms with van der Waals surface area (Å²) in [6.45, 7) is 1.74. The lowest BCUT2D eigenvalue weighted by molar-refractivity contribution is 0.0914. The smallest absolute Gasteiger partial charge is 0.0633 e. The number of rotatable bonds is 4. The fourth-order valence-corrected chi connectivity index (χ4v) is 2.47. The number of benzene rings is 1. The molecule has 1 aromatic rings. The molecule has 0 spiro atoms. The van der Waals surface area contributed by atoms with Crippen molar-refractivity contribution in [2.24, 2.45) is 0 Å². The van der Waals surface area contributed by atoms with Crippen molar-refractivity contribution < 1.29 is 10.2 Å². The van der Waals surface area contributed by atoms with Gasteiger partial charge >= 0.3 is 0 Å². The van der Waals surface area contributed by atoms with Crippen LogP contribution in [0.15, 0.2) is 24.3 Å². The Kier molecular flexibility index (Phi) is 3.82. The van der Waals surface area contributed by atoms with Gasteiger partial charge < -0.3 is 15.5 Å². The number of aliphatic hydroxyl groups excluding tert-OH is 2. The number of aliphatic hydroxyl groups is 2. The third kappa shape index (κ3) is 2.68. The van der Waals surface area contributed by atoms with E-state index < -0.39 is 5.54 Å². The standard InChI is InChI=1S/C14H21NO2/c1-14(9-16,10-17)15-13-8-4-6-11-5-2-3-7-12(11)13/h2-3,5,7,13,15-17H,4,6,8-10H2,1H3. The monoisotopic (exact) mass is 235 g/mol. The molecule has 0 saturated carbocycles. The van der Waals surface area contributed by atoms with E-state index >= 15 is 0 Å². The van der Waals surface area contributed by atoms with Gasteiger partial charge in [0, 0.05) is 6.04 Å². The second-order valence-electron chi connectivity index (χ2n) is 5.16. The summed E-state index contributed by atoms with van der Waals surface area (Å²) in [6.07, 6.45) is 3.34. The predicted octanol–water partition coefficient (Wildman–Crippen LogP) is 1.40. The first-order valence-electron chi connectivity index (χ1n) is 6.26. The van der Waals surface area contributed by atoms with E-state index in [4.69, 9.17) is 0 Å². The van der Waals surface area contributed by atoms with Gasteiger partial charge in [0.05, 0.1) is 18.8 Å². The Balaban J connectivity index is 2.19. The number of fused-ring (bicyclic) bond motifs is 1. The third-order valence-electron chi connectivity index (χ3n) is 3.59. The highest BCUT2D eigenvalue weighted by Crippen LogP contribution is 2.30. The van der Waals surface area contributed by atoms with Gasteiger partial charge in [-0.05, 0) is 37.3 Å². The average Bonchev–Trinajstić information content (AvgIpc) is 2.39. The molecule has 3 N–H and O–H groups in total. The van der Waals surface area contributed by atoms with E-state index in [2.05, 4.69) is 23.5 Å². The van der Waals surface area contributed by atoms with Crippen molar-refractivity contribution in [3.05, 3.63) is 35.4 Å². The molecule has 17 heavy (non-hydrogen) atoms. The molecule has 0 aromatic heterocycles. The van der Waals surface area contributed by atoms with E-state index in [-0.39, 0.29) is 19.3 Å². The van der Waals surface area contributed by atoms with Gasteiger partial charge in [-0.2, -0.15) is 0 Å². The van der Waals surface area contributed by atoms with Crippen molar-refractivity contribution in [2.75, 3.05) is 13.2 Å². The van der Waals surface area contributed by atoms with Crippen LogP contribution in [0.25, 0.3) is 0 Å². The Morgan fingerprint density at radius 1 is 1.29 bits per heavy atom. The Labute approximate surface area is 102 Å². The van der Waals surface area contributed by atoms with Crippen molar-refractivity contribution in [1.82, 2.24) is 5.32 Å². The SMILES string of the molecule is CC(CO)(CO)NC1CCCc2ccccc21. The fourth-order valence-electron chi connectivity index (χ4n) is 2.47. The zero-order valence-electron chi connectivity index (χ0n) is 10.3. The molecule has 1 aromatic carbocycles. The van der Waals surface area contributed by atoms with Crippen LogP contribution in [0.1, 0.15) is 36.9 Å². The lowest BCUT2D eigenvalue weighted by Crippen LogP contribution is -2.51. The minimum Gasteiger partial charge on any atom is -0.394 e. The van der Waals surface area contributed by atoms with E-state index in [1.807, 2.05) is 13.0 Å². The van der Waals surface area contributed by atoms with Crippen LogP contribution >= 0.6 is 0 Å². The molecular formula is C14H21NO2. The number of hydrogen-bond donors (Lipinski definition) is 3. The van der Waals surface area contributed by atoms with Gasteiger partial charge in [0.15, 0.2) is 0 Å². The first kappa shape index (κ1) is 12.6. The summed E-state index contributed by atoms with van der Waals surface area (Å²) >= 11 is 0. The zero-order valence-corrected chi connectivity index (χ0v) is 10.3. The predicted molar refractivity (Wildman–Crippen MR) is 67.8 cm³/mol. The topological polar surface area (TPSA) is 52.5 Å². The van der Waals surface area contributed by atoms with Gasteiger partial charge in [0.2, 0.25) is 0 Å². The largest absolute Gasteiger partial charge is 0.394 e. The fraction of sp³-hybridized carbons (Fsp3) is 0.571. The molecule has 0 heterocycles. The maximum absolute atomic E-state index is 9.34. The number of nitrogens with one attached hydrogen (secondary N) is 1. The second kappa shape index (κ2) is 5.17. The van der Waals surface area contributed by atoms with Crippen LogP contribution in [0, 0.1) is 0 Å². The molecule has 94 valence electrons. The molecule has 1 atom stereocenters. The van der Waals surface area contributed by atoms with Gasteiger partial charge in [-0.1, -0.05) is 24.3 Å². The molecule has 3 nitrogen and oxygen atoms in total. The highest BCUT2D eigenvalue weighted by Gasteiger charge is 2.28. The van der Waals surface area contributed by atoms with Crippen molar-refractivity contribution in [1.29, 1.82) is 0 Å². The number of aryl methyl sites for hydroxylation is 1. The molecule has 2 rings (SSSR count). The third-order valence-corrected chi connectivity index (χ3v) is 3.59. The van der Waals surface area contributed by atoms with Crippen molar-refractivity contribution in [3.63, 3.8) is 0 Å². The maximum atomic E-state index is 9.34. The molecule has 1 aliphatic rings. The van der Waals surface area contributed by atoms with E-state index in [0.29, 0.717) is 0 Å². The molecule has 0 aliphatic heterocycles. The minimum atomic E-state index is -0.602. The van der Waals surface area contributed by atoms with Crippen molar-refractivity contribution in [3.8, 4) is 0 Å². The van der Waals surface area contributed by atoms with E-state index in [1.54, 1.807) is 0 Å². The van der Waals surface area contributed by atoms with E-state index in [0.717, 1.165) is 19.3 Å². The average molecular weight is 235 g/mol. The van der Waals surface area contributed by atoms with Gasteiger partial charge in [-0.25, -0.2) is 0 Å². The zero-order chi connectivity index (χ0) is 12.3. The van der Waals surface area contributed by atoms with Crippen LogP contribution in [-0.2, 0) is 6.42 Å². The summed E-state index contributed by atoms with van der Waals surface area (Å²) in [6, 6.07) is 8.66. The van der Waals surface area contributed by atoms with E-state index in [1.165, 1.54) is 11.1 Å². The second-order valence-corrected chi connectivity index (χ2v) is 5.16. The van der Waals surface area contributed by atoms with Crippen LogP contribution in [-0.4, -0.2) is 29.0 Å². The summed E-state index contributed by atoms with van der Waals surface area (Å²) in [5.41, 5.74) is 2.09. The van der Waals surface area contributed by atoms with Crippen LogP contribution in [0.5, 0.6) is 0 Å². The van der Waals surface area contributed by atoms with Crippen LogP contribution < -0.4 is 5.32 Å². The van der Waals surface area contributed by atoms with Crippen LogP contribution in [0.4, 0.5) is 0 Å². The molecule has 1 unspecified atom stereocenters. The van der Waals surface area contributed by atoms with Crippen LogP contribution in [0.2, 0.25) is 0 Å². The molecule has 0 bridgehead atoms. The highest BCUT2D eigenvalue weighted by molar-refractivity contribution is 5.32. The van der Waals surface area contributed by atoms with Crippen LogP contribution in [0.3, 0.4) is 0 Å². The van der Waals surface area contributed by atoms with Gasteiger partial charge in [-0.15, -0.1) is 0 Å². The van der Waals surface area contributed by atoms with E-state index in [9.17, 15) is 10.2 Å². The normalized spacial score (nSPS) is 20.1. The summed E-state index contributed by atoms with van der Waals surface area (Å²) in [7, 11) is 0. The lowest BCUT2D eigenvalue weighted by atomic mass is 9.86. The van der Waals surface area contributed by atoms with Gasteiger partial charge in [0.25, 0.3) is 0 Å². The van der Waals surface area contributed by atoms with Crippen molar-refractivity contribution >= 4 is 0 Å². The minimum absolute atomic E-state index is 0.0534. The van der Waals surface area contributed by atoms with Gasteiger partial charge in [-0.3, -0.25) is 0 Å². The van der Waals surface area contributed by atoms with Gasteiger partial charge in [0.1, 0.15) is 0 Å². The Bertz CT molecular complexity index is 374. The molecule has 0 fully saturated rings. The summed E-state index contributed by atoms with van der Waals surface area (Å²) in [5.74, 6) is 0. The number of hydrogen-bond acceptors (Lipinski definition) is 3. The Morgan fingerprint density at radius 2 is 2.00 bits per heavy atom. The lowest BCUT2D eigenvalue weighted by Gasteiger charge is -2.35. The Hall–Kier alpha value is -0.900. The summed E-state index contributed by atoms with van der Waals surface area (Å²) in [5, 5.41) is 22.1. The first-order chi connectivity index (χ1) is 8.18. The quantitative estimate of drug-likeness (QED) is 0.739. The molecule has 0 amide bonds. The molecule has 1 aliphatic carbocycles. The first-order valence-corrected chi connectivity index (χ1v) is 6.26. The molecule has 0 radical (unpaired) electrons. The maximum Gasteiger partial charge on any atom is 0.0633 e. The summed E-state index contributed by atoms with van der Waals surface area (Å²) < 4.78 is 0. The van der Waals surface area contributed by atoms with Crippen molar-refractivity contribution in [2.45, 2.75) is 37.8 Å². The Morgan fingerprint density at radius 3 is 2.71 bits per heavy atom. The highest BCUT2D eigenvalue weighted by atomic mass is 16.3. The molecule has 0 saturated heterocycles. The summed E-state index contributed by atoms with van der Waals surface area (Å²) in [4.78, 5) is 0. The molecular weight excluding hydrogens is 214 g/mol. The molecule has 3 heteroatoms.